The second-order valence-corrected chi connectivity index (χ2v) is 7.85. The first-order valence-electron chi connectivity index (χ1n) is 6.17. The van der Waals surface area contributed by atoms with Gasteiger partial charge in [-0.05, 0) is 46.3 Å². The number of sulfonamides is 1. The highest BCUT2D eigenvalue weighted by atomic mass is 79.9. The van der Waals surface area contributed by atoms with E-state index in [1.807, 2.05) is 6.07 Å². The van der Waals surface area contributed by atoms with Gasteiger partial charge in [0, 0.05) is 17.6 Å². The summed E-state index contributed by atoms with van der Waals surface area (Å²) in [5.41, 5.74) is 0. The molecule has 0 saturated carbocycles. The molecule has 3 nitrogen and oxygen atoms in total. The molecule has 1 aromatic rings. The second kappa shape index (κ2) is 5.31. The Morgan fingerprint density at radius 1 is 1.33 bits per heavy atom. The third-order valence-electron chi connectivity index (χ3n) is 3.58. The highest BCUT2D eigenvalue weighted by Gasteiger charge is 2.34. The Hall–Kier alpha value is -0.390. The van der Waals surface area contributed by atoms with E-state index in [-0.39, 0.29) is 0 Å². The molecule has 1 aliphatic rings. The largest absolute Gasteiger partial charge is 0.244 e. The van der Waals surface area contributed by atoms with Crippen molar-refractivity contribution in [3.63, 3.8) is 0 Å². The number of halogens is 1. The maximum absolute atomic E-state index is 12.5. The van der Waals surface area contributed by atoms with Crippen LogP contribution in [0.5, 0.6) is 0 Å². The molecule has 2 rings (SSSR count). The molecule has 5 heteroatoms. The molecule has 1 saturated heterocycles. The van der Waals surface area contributed by atoms with Gasteiger partial charge < -0.3 is 0 Å². The number of rotatable bonds is 3. The van der Waals surface area contributed by atoms with Crippen LogP contribution in [0.4, 0.5) is 0 Å². The van der Waals surface area contributed by atoms with E-state index in [4.69, 9.17) is 0 Å². The van der Waals surface area contributed by atoms with E-state index < -0.39 is 10.0 Å². The Balaban J connectivity index is 2.26. The van der Waals surface area contributed by atoms with Gasteiger partial charge in [-0.15, -0.1) is 0 Å². The van der Waals surface area contributed by atoms with Gasteiger partial charge in [0.25, 0.3) is 0 Å². The van der Waals surface area contributed by atoms with Gasteiger partial charge in [0.05, 0.1) is 4.90 Å². The van der Waals surface area contributed by atoms with Gasteiger partial charge in [-0.2, -0.15) is 4.31 Å². The predicted octanol–water partition coefficient (Wildman–Crippen LogP) is 3.12. The lowest BCUT2D eigenvalue weighted by Gasteiger charge is -2.18. The highest BCUT2D eigenvalue weighted by molar-refractivity contribution is 9.10. The third-order valence-corrected chi connectivity index (χ3v) is 6.46. The molecule has 1 unspecified atom stereocenters. The summed E-state index contributed by atoms with van der Waals surface area (Å²) in [6.07, 6.45) is 0.960. The van der Waals surface area contributed by atoms with Gasteiger partial charge in [0.15, 0.2) is 0 Å². The van der Waals surface area contributed by atoms with Crippen LogP contribution in [0.15, 0.2) is 33.6 Å². The normalized spacial score (nSPS) is 21.7. The Morgan fingerprint density at radius 3 is 2.56 bits per heavy atom. The fraction of sp³-hybridized carbons (Fsp3) is 0.538. The zero-order valence-corrected chi connectivity index (χ0v) is 13.0. The van der Waals surface area contributed by atoms with Crippen LogP contribution in [0.1, 0.15) is 20.3 Å². The van der Waals surface area contributed by atoms with E-state index in [1.165, 1.54) is 0 Å². The summed E-state index contributed by atoms with van der Waals surface area (Å²) in [6, 6.07) is 7.00. The summed E-state index contributed by atoms with van der Waals surface area (Å²) in [4.78, 5) is 0.370. The summed E-state index contributed by atoms with van der Waals surface area (Å²) in [6.45, 7) is 5.58. The van der Waals surface area contributed by atoms with Crippen LogP contribution >= 0.6 is 15.9 Å². The summed E-state index contributed by atoms with van der Waals surface area (Å²) in [7, 11) is -3.35. The van der Waals surface area contributed by atoms with Gasteiger partial charge >= 0.3 is 0 Å². The Bertz CT molecular complexity index is 528. The van der Waals surface area contributed by atoms with Crippen LogP contribution < -0.4 is 0 Å². The van der Waals surface area contributed by atoms with Crippen LogP contribution in [-0.2, 0) is 10.0 Å². The Kier molecular flexibility index (Phi) is 4.14. The van der Waals surface area contributed by atoms with Crippen molar-refractivity contribution < 1.29 is 8.42 Å². The molecule has 1 heterocycles. The second-order valence-electron chi connectivity index (χ2n) is 5.09. The molecule has 0 amide bonds. The molecule has 1 atom stereocenters. The SMILES string of the molecule is CC(C)C1CCN(S(=O)(=O)c2ccccc2Br)C1. The van der Waals surface area contributed by atoms with Crippen molar-refractivity contribution in [1.29, 1.82) is 0 Å². The standard InChI is InChI=1S/C13H18BrNO2S/c1-10(2)11-7-8-15(9-11)18(16,17)13-6-4-3-5-12(13)14/h3-6,10-11H,7-9H2,1-2H3. The lowest BCUT2D eigenvalue weighted by atomic mass is 9.96. The maximum Gasteiger partial charge on any atom is 0.244 e. The molecule has 1 aliphatic heterocycles. The maximum atomic E-state index is 12.5. The van der Waals surface area contributed by atoms with Crippen molar-refractivity contribution in [3.8, 4) is 0 Å². The molecular formula is C13H18BrNO2S. The molecule has 0 aliphatic carbocycles. The fourth-order valence-corrected chi connectivity index (χ4v) is 4.78. The fourth-order valence-electron chi connectivity index (χ4n) is 2.31. The first-order valence-corrected chi connectivity index (χ1v) is 8.41. The van der Waals surface area contributed by atoms with Crippen molar-refractivity contribution in [2.45, 2.75) is 25.2 Å². The van der Waals surface area contributed by atoms with E-state index >= 15 is 0 Å². The average Bonchev–Trinajstić information content (AvgIpc) is 2.79. The predicted molar refractivity (Wildman–Crippen MR) is 75.8 cm³/mol. The van der Waals surface area contributed by atoms with Gasteiger partial charge in [-0.1, -0.05) is 26.0 Å². The smallest absolute Gasteiger partial charge is 0.207 e. The summed E-state index contributed by atoms with van der Waals surface area (Å²) in [5, 5.41) is 0. The topological polar surface area (TPSA) is 37.4 Å². The molecule has 0 spiro atoms. The van der Waals surface area contributed by atoms with E-state index in [0.717, 1.165) is 6.42 Å². The molecule has 0 N–H and O–H groups in total. The van der Waals surface area contributed by atoms with Crippen LogP contribution in [0.3, 0.4) is 0 Å². The zero-order valence-electron chi connectivity index (χ0n) is 10.6. The molecule has 18 heavy (non-hydrogen) atoms. The van der Waals surface area contributed by atoms with Crippen LogP contribution in [-0.4, -0.2) is 25.8 Å². The van der Waals surface area contributed by atoms with Crippen molar-refractivity contribution >= 4 is 26.0 Å². The van der Waals surface area contributed by atoms with Crippen molar-refractivity contribution in [3.05, 3.63) is 28.7 Å². The van der Waals surface area contributed by atoms with Gasteiger partial charge in [0.2, 0.25) is 10.0 Å². The number of benzene rings is 1. The summed E-state index contributed by atoms with van der Waals surface area (Å²) < 4.78 is 27.3. The summed E-state index contributed by atoms with van der Waals surface area (Å²) >= 11 is 3.32. The van der Waals surface area contributed by atoms with Crippen molar-refractivity contribution in [2.24, 2.45) is 11.8 Å². The third kappa shape index (κ3) is 2.63. The van der Waals surface area contributed by atoms with Crippen LogP contribution in [0, 0.1) is 11.8 Å². The zero-order chi connectivity index (χ0) is 13.3. The van der Waals surface area contributed by atoms with Gasteiger partial charge in [-0.25, -0.2) is 8.42 Å². The van der Waals surface area contributed by atoms with E-state index in [0.29, 0.717) is 34.3 Å². The van der Waals surface area contributed by atoms with Crippen LogP contribution in [0.2, 0.25) is 0 Å². The molecule has 0 aromatic heterocycles. The van der Waals surface area contributed by atoms with E-state index in [9.17, 15) is 8.42 Å². The molecular weight excluding hydrogens is 314 g/mol. The number of hydrogen-bond acceptors (Lipinski definition) is 2. The minimum absolute atomic E-state index is 0.370. The van der Waals surface area contributed by atoms with Crippen molar-refractivity contribution in [1.82, 2.24) is 4.31 Å². The molecule has 0 radical (unpaired) electrons. The number of nitrogens with zero attached hydrogens (tertiary/aromatic N) is 1. The molecule has 100 valence electrons. The molecule has 1 fully saturated rings. The minimum Gasteiger partial charge on any atom is -0.207 e. The summed E-state index contributed by atoms with van der Waals surface area (Å²) in [5.74, 6) is 1.01. The van der Waals surface area contributed by atoms with E-state index in [2.05, 4.69) is 29.8 Å². The first kappa shape index (κ1) is 14.0. The van der Waals surface area contributed by atoms with Gasteiger partial charge in [0.1, 0.15) is 0 Å². The quantitative estimate of drug-likeness (QED) is 0.853. The van der Waals surface area contributed by atoms with Crippen LogP contribution in [0.25, 0.3) is 0 Å². The highest BCUT2D eigenvalue weighted by Crippen LogP contribution is 2.31. The van der Waals surface area contributed by atoms with E-state index in [1.54, 1.807) is 22.5 Å². The Morgan fingerprint density at radius 2 is 2.00 bits per heavy atom. The molecule has 1 aromatic carbocycles. The molecule has 0 bridgehead atoms. The lowest BCUT2D eigenvalue weighted by Crippen LogP contribution is -2.29. The average molecular weight is 332 g/mol. The first-order chi connectivity index (χ1) is 8.43. The number of hydrogen-bond donors (Lipinski definition) is 0. The Labute approximate surface area is 117 Å². The monoisotopic (exact) mass is 331 g/mol. The van der Waals surface area contributed by atoms with Crippen molar-refractivity contribution in [2.75, 3.05) is 13.1 Å². The van der Waals surface area contributed by atoms with Gasteiger partial charge in [-0.3, -0.25) is 0 Å². The minimum atomic E-state index is -3.35. The lowest BCUT2D eigenvalue weighted by molar-refractivity contribution is 0.388.